The topological polar surface area (TPSA) is 74.7 Å². The van der Waals surface area contributed by atoms with Crippen molar-refractivity contribution in [1.82, 2.24) is 4.31 Å². The number of sulfonamides is 1. The van der Waals surface area contributed by atoms with Crippen LogP contribution in [0.3, 0.4) is 0 Å². The molecule has 0 bridgehead atoms. The average Bonchev–Trinajstić information content (AvgIpc) is 2.70. The first kappa shape index (κ1) is 15.8. The van der Waals surface area contributed by atoms with Crippen molar-refractivity contribution in [2.75, 3.05) is 13.1 Å². The van der Waals surface area contributed by atoms with Gasteiger partial charge in [0.15, 0.2) is 0 Å². The zero-order valence-electron chi connectivity index (χ0n) is 11.5. The summed E-state index contributed by atoms with van der Waals surface area (Å²) in [6.07, 6.45) is 0. The predicted octanol–water partition coefficient (Wildman–Crippen LogP) is 2.27. The van der Waals surface area contributed by atoms with Gasteiger partial charge in [-0.25, -0.2) is 13.2 Å². The Morgan fingerprint density at radius 3 is 2.40 bits per heavy atom. The number of thiophene rings is 1. The van der Waals surface area contributed by atoms with Crippen molar-refractivity contribution in [3.8, 4) is 0 Å². The van der Waals surface area contributed by atoms with Crippen LogP contribution in [0.2, 0.25) is 0 Å². The van der Waals surface area contributed by atoms with Crippen LogP contribution in [0, 0.1) is 6.92 Å². The Labute approximate surface area is 127 Å². The summed E-state index contributed by atoms with van der Waals surface area (Å²) < 4.78 is 26.9. The summed E-state index contributed by atoms with van der Waals surface area (Å²) in [4.78, 5) is 11.1. The smallest absolute Gasteiger partial charge is 0.347 e. The van der Waals surface area contributed by atoms with Gasteiger partial charge in [-0.1, -0.05) is 13.8 Å². The van der Waals surface area contributed by atoms with Gasteiger partial charge in [-0.3, -0.25) is 0 Å². The Kier molecular flexibility index (Phi) is 4.48. The second-order valence-electron chi connectivity index (χ2n) is 4.96. The Balaban J connectivity index is 2.45. The van der Waals surface area contributed by atoms with Gasteiger partial charge in [0.05, 0.1) is 0 Å². The fourth-order valence-electron chi connectivity index (χ4n) is 2.36. The number of thioether (sulfide) groups is 1. The molecule has 0 spiro atoms. The van der Waals surface area contributed by atoms with Crippen LogP contribution in [0.4, 0.5) is 0 Å². The molecule has 1 aromatic heterocycles. The van der Waals surface area contributed by atoms with Gasteiger partial charge in [0.2, 0.25) is 10.0 Å². The van der Waals surface area contributed by atoms with E-state index in [1.165, 1.54) is 4.31 Å². The lowest BCUT2D eigenvalue weighted by Crippen LogP contribution is -2.44. The zero-order chi connectivity index (χ0) is 15.1. The average molecular weight is 335 g/mol. The highest BCUT2D eigenvalue weighted by Gasteiger charge is 2.36. The monoisotopic (exact) mass is 335 g/mol. The van der Waals surface area contributed by atoms with Gasteiger partial charge < -0.3 is 5.11 Å². The number of aromatic carboxylic acids is 1. The van der Waals surface area contributed by atoms with Gasteiger partial charge >= 0.3 is 5.97 Å². The fraction of sp³-hybridized carbons (Fsp3) is 0.583. The Hall–Kier alpha value is -0.570. The molecule has 0 amide bonds. The van der Waals surface area contributed by atoms with E-state index < -0.39 is 16.0 Å². The summed E-state index contributed by atoms with van der Waals surface area (Å²) in [5.41, 5.74) is 0.505. The minimum atomic E-state index is -3.74. The van der Waals surface area contributed by atoms with Gasteiger partial charge in [-0.15, -0.1) is 11.3 Å². The van der Waals surface area contributed by atoms with E-state index in [4.69, 9.17) is 5.11 Å². The van der Waals surface area contributed by atoms with Crippen LogP contribution in [-0.4, -0.2) is 47.4 Å². The van der Waals surface area contributed by atoms with Crippen molar-refractivity contribution >= 4 is 39.1 Å². The molecule has 1 aromatic rings. The van der Waals surface area contributed by atoms with Crippen molar-refractivity contribution in [3.05, 3.63) is 15.8 Å². The van der Waals surface area contributed by atoms with E-state index in [1.54, 1.807) is 24.1 Å². The summed E-state index contributed by atoms with van der Waals surface area (Å²) >= 11 is 2.72. The summed E-state index contributed by atoms with van der Waals surface area (Å²) in [6.45, 7) is 6.46. The third-order valence-corrected chi connectivity index (χ3v) is 7.56. The van der Waals surface area contributed by atoms with E-state index in [-0.39, 0.29) is 20.3 Å². The first-order valence-electron chi connectivity index (χ1n) is 6.20. The molecule has 2 atom stereocenters. The zero-order valence-corrected chi connectivity index (χ0v) is 13.9. The number of hydrogen-bond acceptors (Lipinski definition) is 5. The molecule has 2 unspecified atom stereocenters. The van der Waals surface area contributed by atoms with Crippen molar-refractivity contribution in [2.24, 2.45) is 0 Å². The van der Waals surface area contributed by atoms with E-state index in [2.05, 4.69) is 0 Å². The van der Waals surface area contributed by atoms with Crippen LogP contribution in [0.1, 0.15) is 29.1 Å². The maximum atomic E-state index is 12.7. The SMILES string of the molecule is Cc1csc(C(=O)O)c1S(=O)(=O)N1CC(C)SC(C)C1. The summed E-state index contributed by atoms with van der Waals surface area (Å²) in [7, 11) is -3.74. The van der Waals surface area contributed by atoms with Crippen molar-refractivity contribution in [1.29, 1.82) is 0 Å². The van der Waals surface area contributed by atoms with Gasteiger partial charge in [0, 0.05) is 23.6 Å². The molecular weight excluding hydrogens is 318 g/mol. The van der Waals surface area contributed by atoms with E-state index in [0.29, 0.717) is 18.7 Å². The molecule has 0 saturated carbocycles. The van der Waals surface area contributed by atoms with Crippen molar-refractivity contribution < 1.29 is 18.3 Å². The molecule has 0 aromatic carbocycles. The molecule has 112 valence electrons. The first-order valence-corrected chi connectivity index (χ1v) is 9.46. The second kappa shape index (κ2) is 5.67. The largest absolute Gasteiger partial charge is 0.477 e. The molecule has 1 saturated heterocycles. The van der Waals surface area contributed by atoms with Gasteiger partial charge in [-0.05, 0) is 17.9 Å². The van der Waals surface area contributed by atoms with Gasteiger partial charge in [0.25, 0.3) is 0 Å². The number of carbonyl (C=O) groups is 1. The van der Waals surface area contributed by atoms with Crippen molar-refractivity contribution in [2.45, 2.75) is 36.2 Å². The molecule has 1 N–H and O–H groups in total. The molecule has 2 rings (SSSR count). The number of aryl methyl sites for hydroxylation is 1. The minimum absolute atomic E-state index is 0.0405. The Morgan fingerprint density at radius 2 is 1.90 bits per heavy atom. The van der Waals surface area contributed by atoms with Gasteiger partial charge in [-0.2, -0.15) is 16.1 Å². The molecule has 1 aliphatic rings. The van der Waals surface area contributed by atoms with Crippen LogP contribution < -0.4 is 0 Å². The third-order valence-electron chi connectivity index (χ3n) is 3.10. The Morgan fingerprint density at radius 1 is 1.35 bits per heavy atom. The molecule has 20 heavy (non-hydrogen) atoms. The third kappa shape index (κ3) is 2.88. The number of carboxylic acids is 1. The minimum Gasteiger partial charge on any atom is -0.477 e. The quantitative estimate of drug-likeness (QED) is 0.917. The van der Waals surface area contributed by atoms with E-state index in [1.807, 2.05) is 13.8 Å². The van der Waals surface area contributed by atoms with Crippen LogP contribution in [0.15, 0.2) is 10.3 Å². The highest BCUT2D eigenvalue weighted by Crippen LogP contribution is 2.33. The number of rotatable bonds is 3. The second-order valence-corrected chi connectivity index (χ2v) is 9.60. The molecule has 0 aliphatic carbocycles. The first-order chi connectivity index (χ1) is 9.23. The molecule has 5 nitrogen and oxygen atoms in total. The molecule has 8 heteroatoms. The number of hydrogen-bond donors (Lipinski definition) is 1. The van der Waals surface area contributed by atoms with E-state index >= 15 is 0 Å². The molecular formula is C12H17NO4S3. The predicted molar refractivity (Wildman–Crippen MR) is 81.3 cm³/mol. The standard InChI is InChI=1S/C12H17NO4S3/c1-7-6-18-10(12(14)15)11(7)20(16,17)13-4-8(2)19-9(3)5-13/h6,8-9H,4-5H2,1-3H3,(H,14,15). The van der Waals surface area contributed by atoms with Gasteiger partial charge in [0.1, 0.15) is 9.77 Å². The van der Waals surface area contributed by atoms with Crippen LogP contribution in [0.25, 0.3) is 0 Å². The highest BCUT2D eigenvalue weighted by molar-refractivity contribution is 8.00. The molecule has 0 radical (unpaired) electrons. The lowest BCUT2D eigenvalue weighted by Gasteiger charge is -2.33. The van der Waals surface area contributed by atoms with Crippen LogP contribution in [0.5, 0.6) is 0 Å². The number of nitrogens with zero attached hydrogens (tertiary/aromatic N) is 1. The van der Waals surface area contributed by atoms with E-state index in [9.17, 15) is 13.2 Å². The normalized spacial score (nSPS) is 24.8. The molecule has 1 aliphatic heterocycles. The summed E-state index contributed by atoms with van der Waals surface area (Å²) in [6, 6.07) is 0. The fourth-order valence-corrected chi connectivity index (χ4v) is 7.07. The molecule has 2 heterocycles. The maximum absolute atomic E-state index is 12.7. The number of carboxylic acid groups (broad SMARTS) is 1. The summed E-state index contributed by atoms with van der Waals surface area (Å²) in [5, 5.41) is 11.2. The molecule has 1 fully saturated rings. The van der Waals surface area contributed by atoms with Crippen molar-refractivity contribution in [3.63, 3.8) is 0 Å². The van der Waals surface area contributed by atoms with E-state index in [0.717, 1.165) is 11.3 Å². The maximum Gasteiger partial charge on any atom is 0.347 e. The van der Waals surface area contributed by atoms with Crippen LogP contribution in [-0.2, 0) is 10.0 Å². The lowest BCUT2D eigenvalue weighted by molar-refractivity contribution is 0.0698. The lowest BCUT2D eigenvalue weighted by atomic mass is 10.3. The summed E-state index contributed by atoms with van der Waals surface area (Å²) in [5.74, 6) is -1.19. The Bertz CT molecular complexity index is 613. The van der Waals surface area contributed by atoms with Crippen LogP contribution >= 0.6 is 23.1 Å². The highest BCUT2D eigenvalue weighted by atomic mass is 32.2.